The molecule has 0 aliphatic rings. The van der Waals surface area contributed by atoms with Crippen molar-refractivity contribution in [2.24, 2.45) is 0 Å². The number of rotatable bonds is 1. The molecule has 3 heterocycles. The predicted octanol–water partition coefficient (Wildman–Crippen LogP) is 2.68. The molecule has 108 valence electrons. The van der Waals surface area contributed by atoms with Gasteiger partial charge in [0.2, 0.25) is 5.43 Å². The van der Waals surface area contributed by atoms with Gasteiger partial charge in [-0.1, -0.05) is 23.7 Å². The number of nitrogens with one attached hydrogen (secondary N) is 1. The maximum atomic E-state index is 12.5. The van der Waals surface area contributed by atoms with E-state index in [-0.39, 0.29) is 21.7 Å². The number of aromatic carboxylic acids is 1. The van der Waals surface area contributed by atoms with E-state index in [9.17, 15) is 14.7 Å². The van der Waals surface area contributed by atoms with E-state index in [0.717, 1.165) is 5.52 Å². The number of benzene rings is 1. The Morgan fingerprint density at radius 3 is 2.77 bits per heavy atom. The maximum absolute atomic E-state index is 12.5. The number of pyridine rings is 2. The van der Waals surface area contributed by atoms with Crippen molar-refractivity contribution >= 4 is 45.3 Å². The van der Waals surface area contributed by atoms with E-state index in [2.05, 4.69) is 9.97 Å². The molecule has 0 bridgehead atoms. The van der Waals surface area contributed by atoms with E-state index in [4.69, 9.17) is 11.6 Å². The van der Waals surface area contributed by atoms with E-state index in [1.807, 2.05) is 18.2 Å². The highest BCUT2D eigenvalue weighted by Gasteiger charge is 2.21. The zero-order valence-electron chi connectivity index (χ0n) is 11.0. The Morgan fingerprint density at radius 1 is 1.23 bits per heavy atom. The van der Waals surface area contributed by atoms with Crippen LogP contribution in [0.15, 0.2) is 41.2 Å². The van der Waals surface area contributed by atoms with E-state index in [1.165, 1.54) is 12.1 Å². The first-order valence-electron chi connectivity index (χ1n) is 6.43. The van der Waals surface area contributed by atoms with Gasteiger partial charge in [-0.2, -0.15) is 0 Å². The largest absolute Gasteiger partial charge is 0.477 e. The topological polar surface area (TPSA) is 87.5 Å². The molecular weight excluding hydrogens is 306 g/mol. The zero-order chi connectivity index (χ0) is 15.4. The molecule has 6 nitrogen and oxygen atoms in total. The molecule has 0 saturated heterocycles. The van der Waals surface area contributed by atoms with Crippen LogP contribution in [-0.2, 0) is 0 Å². The van der Waals surface area contributed by atoms with Gasteiger partial charge in [-0.15, -0.1) is 0 Å². The van der Waals surface area contributed by atoms with Gasteiger partial charge in [-0.05, 0) is 24.3 Å². The van der Waals surface area contributed by atoms with Gasteiger partial charge < -0.3 is 10.1 Å². The number of aromatic nitrogens is 3. The molecule has 0 aliphatic heterocycles. The molecule has 0 amide bonds. The molecular formula is C15H8ClN3O3. The van der Waals surface area contributed by atoms with Crippen molar-refractivity contribution in [2.45, 2.75) is 0 Å². The van der Waals surface area contributed by atoms with Crippen LogP contribution in [0.25, 0.3) is 27.7 Å². The minimum Gasteiger partial charge on any atom is -0.477 e. The number of hydrogen-bond acceptors (Lipinski definition) is 3. The molecule has 0 unspecified atom stereocenters. The summed E-state index contributed by atoms with van der Waals surface area (Å²) in [7, 11) is 0. The van der Waals surface area contributed by atoms with Gasteiger partial charge in [0, 0.05) is 0 Å². The van der Waals surface area contributed by atoms with Crippen LogP contribution in [0.4, 0.5) is 0 Å². The van der Waals surface area contributed by atoms with Crippen molar-refractivity contribution in [2.75, 3.05) is 0 Å². The number of carboxylic acids is 1. The first-order chi connectivity index (χ1) is 10.6. The third kappa shape index (κ3) is 1.58. The summed E-state index contributed by atoms with van der Waals surface area (Å²) in [6, 6.07) is 10.2. The lowest BCUT2D eigenvalue weighted by molar-refractivity contribution is 0.0697. The summed E-state index contributed by atoms with van der Waals surface area (Å²) in [5, 5.41) is 9.87. The summed E-state index contributed by atoms with van der Waals surface area (Å²) < 4.78 is 1.61. The molecule has 4 aromatic rings. The smallest absolute Gasteiger partial charge is 0.343 e. The number of fused-ring (bicyclic) bond motifs is 5. The number of carboxylic acid groups (broad SMARTS) is 1. The minimum absolute atomic E-state index is 0.195. The normalized spacial score (nSPS) is 11.5. The number of H-pyrrole nitrogens is 1. The second-order valence-electron chi connectivity index (χ2n) is 4.84. The van der Waals surface area contributed by atoms with Crippen LogP contribution < -0.4 is 5.43 Å². The monoisotopic (exact) mass is 313 g/mol. The molecule has 22 heavy (non-hydrogen) atoms. The average Bonchev–Trinajstić information content (AvgIpc) is 2.85. The van der Waals surface area contributed by atoms with Crippen LogP contribution in [0, 0.1) is 0 Å². The molecule has 3 aromatic heterocycles. The van der Waals surface area contributed by atoms with Crippen molar-refractivity contribution in [3.8, 4) is 0 Å². The van der Waals surface area contributed by atoms with Gasteiger partial charge in [-0.25, -0.2) is 9.78 Å². The Balaban J connectivity index is 2.44. The molecule has 2 N–H and O–H groups in total. The fraction of sp³-hybridized carbons (Fsp3) is 0. The average molecular weight is 314 g/mol. The standard InChI is InChI=1S/C15H8ClN3O3/c16-10-6-5-7-12(20)11(15(21)22)14-17-8-3-1-2-4-9(8)19(14)13(7)18-10/h1-6,17H,(H,21,22). The van der Waals surface area contributed by atoms with Crippen LogP contribution >= 0.6 is 11.6 Å². The maximum Gasteiger partial charge on any atom is 0.343 e. The third-order valence-electron chi connectivity index (χ3n) is 3.60. The summed E-state index contributed by atoms with van der Waals surface area (Å²) in [6.07, 6.45) is 0. The van der Waals surface area contributed by atoms with Gasteiger partial charge in [0.1, 0.15) is 16.4 Å². The van der Waals surface area contributed by atoms with E-state index < -0.39 is 11.4 Å². The Morgan fingerprint density at radius 2 is 2.00 bits per heavy atom. The van der Waals surface area contributed by atoms with Gasteiger partial charge in [0.05, 0.1) is 16.4 Å². The zero-order valence-corrected chi connectivity index (χ0v) is 11.8. The van der Waals surface area contributed by atoms with Crippen LogP contribution in [0.5, 0.6) is 0 Å². The number of carbonyl (C=O) groups is 1. The summed E-state index contributed by atoms with van der Waals surface area (Å²) in [4.78, 5) is 31.2. The highest BCUT2D eigenvalue weighted by molar-refractivity contribution is 6.29. The minimum atomic E-state index is -1.29. The van der Waals surface area contributed by atoms with Crippen LogP contribution in [-0.4, -0.2) is 25.4 Å². The summed E-state index contributed by atoms with van der Waals surface area (Å²) in [5.74, 6) is -1.29. The highest BCUT2D eigenvalue weighted by Crippen LogP contribution is 2.23. The fourth-order valence-corrected chi connectivity index (χ4v) is 2.83. The van der Waals surface area contributed by atoms with Gasteiger partial charge in [0.15, 0.2) is 5.65 Å². The van der Waals surface area contributed by atoms with Crippen molar-refractivity contribution in [3.63, 3.8) is 0 Å². The number of para-hydroxylation sites is 2. The van der Waals surface area contributed by atoms with Crippen molar-refractivity contribution < 1.29 is 9.90 Å². The van der Waals surface area contributed by atoms with Crippen LogP contribution in [0.1, 0.15) is 10.4 Å². The Bertz CT molecular complexity index is 1140. The summed E-state index contributed by atoms with van der Waals surface area (Å²) in [6.45, 7) is 0. The number of hydrogen-bond donors (Lipinski definition) is 2. The van der Waals surface area contributed by atoms with Crippen molar-refractivity contribution in [3.05, 3.63) is 57.3 Å². The van der Waals surface area contributed by atoms with Crippen LogP contribution in [0.2, 0.25) is 5.15 Å². The number of aromatic amines is 1. The van der Waals surface area contributed by atoms with E-state index >= 15 is 0 Å². The first kappa shape index (κ1) is 12.8. The molecule has 0 aliphatic carbocycles. The predicted molar refractivity (Wildman–Crippen MR) is 82.8 cm³/mol. The molecule has 1 aromatic carbocycles. The van der Waals surface area contributed by atoms with Gasteiger partial charge in [0.25, 0.3) is 0 Å². The summed E-state index contributed by atoms with van der Waals surface area (Å²) in [5.41, 5.74) is 1.06. The molecule has 0 fully saturated rings. The molecule has 7 heteroatoms. The van der Waals surface area contributed by atoms with Gasteiger partial charge in [-0.3, -0.25) is 9.20 Å². The quantitative estimate of drug-likeness (QED) is 0.529. The molecule has 4 rings (SSSR count). The second kappa shape index (κ2) is 4.32. The lowest BCUT2D eigenvalue weighted by atomic mass is 10.2. The second-order valence-corrected chi connectivity index (χ2v) is 5.23. The molecule has 0 radical (unpaired) electrons. The van der Waals surface area contributed by atoms with Crippen LogP contribution in [0.3, 0.4) is 0 Å². The van der Waals surface area contributed by atoms with Crippen molar-refractivity contribution in [1.29, 1.82) is 0 Å². The van der Waals surface area contributed by atoms with Gasteiger partial charge >= 0.3 is 5.97 Å². The number of nitrogens with zero attached hydrogens (tertiary/aromatic N) is 2. The highest BCUT2D eigenvalue weighted by atomic mass is 35.5. The lowest BCUT2D eigenvalue weighted by Gasteiger charge is -2.05. The van der Waals surface area contributed by atoms with E-state index in [0.29, 0.717) is 11.2 Å². The molecule has 0 spiro atoms. The molecule has 0 saturated carbocycles. The van der Waals surface area contributed by atoms with E-state index in [1.54, 1.807) is 10.5 Å². The SMILES string of the molecule is O=C(O)c1c(=O)c2ccc(Cl)nc2n2c1[nH]c1ccccc12. The van der Waals surface area contributed by atoms with Crippen molar-refractivity contribution in [1.82, 2.24) is 14.4 Å². The summed E-state index contributed by atoms with van der Waals surface area (Å²) >= 11 is 5.94. The first-order valence-corrected chi connectivity index (χ1v) is 6.80. The Labute approximate surface area is 127 Å². The lowest BCUT2D eigenvalue weighted by Crippen LogP contribution is -2.18. The fourth-order valence-electron chi connectivity index (χ4n) is 2.69. The Hall–Kier alpha value is -2.86. The Kier molecular flexibility index (Phi) is 2.52. The number of halogens is 1. The number of imidazole rings is 1. The molecule has 0 atom stereocenters. The third-order valence-corrected chi connectivity index (χ3v) is 3.81.